The quantitative estimate of drug-likeness (QED) is 0.366. The zero-order chi connectivity index (χ0) is 21.5. The fourth-order valence-electron chi connectivity index (χ4n) is 4.59. The van der Waals surface area contributed by atoms with Crippen LogP contribution in [0.15, 0.2) is 35.6 Å². The number of rotatable bonds is 7. The van der Waals surface area contributed by atoms with Crippen molar-refractivity contribution in [3.05, 3.63) is 57.6 Å². The summed E-state index contributed by atoms with van der Waals surface area (Å²) in [5.41, 5.74) is 3.87. The Balaban J connectivity index is 1.63. The highest BCUT2D eigenvalue weighted by Gasteiger charge is 2.54. The second-order valence-electron chi connectivity index (χ2n) is 9.59. The molecule has 4 rings (SSSR count). The van der Waals surface area contributed by atoms with Crippen LogP contribution in [0.4, 0.5) is 11.5 Å². The molecule has 158 valence electrons. The minimum atomic E-state index is -1.19. The van der Waals surface area contributed by atoms with Crippen LogP contribution in [0.2, 0.25) is 25.7 Å². The van der Waals surface area contributed by atoms with Gasteiger partial charge in [-0.15, -0.1) is 4.91 Å². The third-order valence-corrected chi connectivity index (χ3v) is 8.00. The molecule has 0 bridgehead atoms. The van der Waals surface area contributed by atoms with Crippen molar-refractivity contribution >= 4 is 25.5 Å². The second kappa shape index (κ2) is 7.70. The minimum absolute atomic E-state index is 0.0408. The van der Waals surface area contributed by atoms with Gasteiger partial charge < -0.3 is 4.74 Å². The number of anilines is 1. The number of pyridine rings is 1. The number of ether oxygens (including phenoxy) is 1. The normalized spacial score (nSPS) is 20.0. The summed E-state index contributed by atoms with van der Waals surface area (Å²) in [7, 11) is -1.19. The number of aromatic nitrogens is 1. The van der Waals surface area contributed by atoms with Crippen molar-refractivity contribution in [1.29, 1.82) is 0 Å². The molecule has 0 fully saturated rings. The smallest absolute Gasteiger partial charge is 0.241 e. The van der Waals surface area contributed by atoms with Crippen LogP contribution in [0.25, 0.3) is 0 Å². The van der Waals surface area contributed by atoms with Gasteiger partial charge in [-0.2, -0.15) is 0 Å². The molecule has 1 aromatic heterocycles. The maximum atomic E-state index is 13.7. The number of benzene rings is 1. The first-order valence-corrected chi connectivity index (χ1v) is 14.3. The number of aryl methyl sites for hydroxylation is 1. The molecule has 1 unspecified atom stereocenters. The van der Waals surface area contributed by atoms with Crippen molar-refractivity contribution in [2.24, 2.45) is 5.18 Å². The van der Waals surface area contributed by atoms with Gasteiger partial charge in [0, 0.05) is 26.4 Å². The molecule has 6 nitrogen and oxygen atoms in total. The molecule has 2 aliphatic rings. The highest BCUT2D eigenvalue weighted by molar-refractivity contribution is 6.76. The Bertz CT molecular complexity index is 1000. The lowest BCUT2D eigenvalue weighted by molar-refractivity contribution is -0.124. The Labute approximate surface area is 178 Å². The van der Waals surface area contributed by atoms with E-state index < -0.39 is 13.5 Å². The maximum Gasteiger partial charge on any atom is 0.241 e. The van der Waals surface area contributed by atoms with Gasteiger partial charge in [0.2, 0.25) is 5.91 Å². The molecular formula is C23H29N3O3Si. The summed E-state index contributed by atoms with van der Waals surface area (Å²) in [6, 6.07) is 8.88. The van der Waals surface area contributed by atoms with Crippen LogP contribution in [0.5, 0.6) is 0 Å². The first-order valence-electron chi connectivity index (χ1n) is 10.6. The van der Waals surface area contributed by atoms with E-state index in [9.17, 15) is 9.70 Å². The lowest BCUT2D eigenvalue weighted by Crippen LogP contribution is -2.42. The van der Waals surface area contributed by atoms with Gasteiger partial charge in [-0.25, -0.2) is 4.98 Å². The average molecular weight is 424 g/mol. The molecule has 0 radical (unpaired) electrons. The van der Waals surface area contributed by atoms with E-state index in [1.54, 1.807) is 11.1 Å². The van der Waals surface area contributed by atoms with Crippen LogP contribution in [-0.2, 0) is 34.2 Å². The average Bonchev–Trinajstić information content (AvgIpc) is 3.20. The summed E-state index contributed by atoms with van der Waals surface area (Å²) >= 11 is 0. The molecule has 30 heavy (non-hydrogen) atoms. The highest BCUT2D eigenvalue weighted by Crippen LogP contribution is 2.50. The number of carbonyl (C=O) groups is 1. The lowest BCUT2D eigenvalue weighted by Gasteiger charge is -2.23. The molecule has 1 atom stereocenters. The van der Waals surface area contributed by atoms with Gasteiger partial charge >= 0.3 is 0 Å². The van der Waals surface area contributed by atoms with Gasteiger partial charge in [0.15, 0.2) is 0 Å². The number of amides is 1. The number of nitroso groups, excluding NO2 is 1. The predicted molar refractivity (Wildman–Crippen MR) is 121 cm³/mol. The minimum Gasteiger partial charge on any atom is -0.361 e. The highest BCUT2D eigenvalue weighted by atomic mass is 28.3. The Morgan fingerprint density at radius 1 is 1.23 bits per heavy atom. The van der Waals surface area contributed by atoms with Gasteiger partial charge in [-0.05, 0) is 59.3 Å². The Kier molecular flexibility index (Phi) is 5.36. The van der Waals surface area contributed by atoms with Crippen molar-refractivity contribution in [2.75, 3.05) is 18.2 Å². The zero-order valence-corrected chi connectivity index (χ0v) is 19.2. The molecule has 2 heterocycles. The molecule has 0 N–H and O–H groups in total. The summed E-state index contributed by atoms with van der Waals surface area (Å²) in [5, 5.41) is 3.21. The van der Waals surface area contributed by atoms with E-state index in [-0.39, 0.29) is 12.6 Å². The first kappa shape index (κ1) is 20.9. The van der Waals surface area contributed by atoms with Crippen molar-refractivity contribution in [3.63, 3.8) is 0 Å². The number of hydrogen-bond donors (Lipinski definition) is 0. The van der Waals surface area contributed by atoms with Gasteiger partial charge in [-0.1, -0.05) is 38.7 Å². The van der Waals surface area contributed by atoms with Crippen LogP contribution < -0.4 is 4.90 Å². The van der Waals surface area contributed by atoms with Crippen LogP contribution >= 0.6 is 0 Å². The Hall–Kier alpha value is -2.38. The molecule has 7 heteroatoms. The fraction of sp³-hybridized carbons (Fsp3) is 0.478. The van der Waals surface area contributed by atoms with E-state index in [0.717, 1.165) is 34.7 Å². The fourth-order valence-corrected chi connectivity index (χ4v) is 5.35. The molecule has 2 aromatic rings. The number of hydrogen-bond acceptors (Lipinski definition) is 5. The lowest BCUT2D eigenvalue weighted by atomic mass is 9.79. The monoisotopic (exact) mass is 423 g/mol. The largest absolute Gasteiger partial charge is 0.361 e. The predicted octanol–water partition coefficient (Wildman–Crippen LogP) is 4.74. The molecule has 1 aliphatic heterocycles. The van der Waals surface area contributed by atoms with Crippen LogP contribution in [0, 0.1) is 4.91 Å². The zero-order valence-electron chi connectivity index (χ0n) is 18.2. The van der Waals surface area contributed by atoms with Gasteiger partial charge in [0.1, 0.15) is 18.2 Å². The SMILES string of the molecule is CCc1cc2c(cc1N=O)CC1(C2)C(=O)N(COCC[Si](C)(C)C)c2ncccc21. The van der Waals surface area contributed by atoms with E-state index >= 15 is 0 Å². The Morgan fingerprint density at radius 3 is 2.63 bits per heavy atom. The van der Waals surface area contributed by atoms with E-state index in [4.69, 9.17) is 4.74 Å². The number of carbonyl (C=O) groups excluding carboxylic acids is 1. The van der Waals surface area contributed by atoms with Crippen molar-refractivity contribution in [3.8, 4) is 0 Å². The molecule has 0 saturated heterocycles. The summed E-state index contributed by atoms with van der Waals surface area (Å²) in [6.07, 6.45) is 3.66. The van der Waals surface area contributed by atoms with Gasteiger partial charge in [-0.3, -0.25) is 9.69 Å². The summed E-state index contributed by atoms with van der Waals surface area (Å²) < 4.78 is 5.92. The Morgan fingerprint density at radius 2 is 1.97 bits per heavy atom. The van der Waals surface area contributed by atoms with Crippen molar-refractivity contribution < 1.29 is 9.53 Å². The summed E-state index contributed by atoms with van der Waals surface area (Å²) in [6.45, 7) is 9.83. The maximum absolute atomic E-state index is 13.7. The van der Waals surface area contributed by atoms with Crippen molar-refractivity contribution in [1.82, 2.24) is 4.98 Å². The molecule has 1 aliphatic carbocycles. The molecule has 1 aromatic carbocycles. The molecule has 0 saturated carbocycles. The van der Waals surface area contributed by atoms with E-state index in [2.05, 4.69) is 35.9 Å². The van der Waals surface area contributed by atoms with Crippen molar-refractivity contribution in [2.45, 2.75) is 57.3 Å². The first-order chi connectivity index (χ1) is 14.3. The van der Waals surface area contributed by atoms with Gasteiger partial charge in [0.05, 0.1) is 5.41 Å². The van der Waals surface area contributed by atoms with E-state index in [1.165, 1.54) is 0 Å². The van der Waals surface area contributed by atoms with Crippen LogP contribution in [0.1, 0.15) is 29.2 Å². The number of nitrogens with zero attached hydrogens (tertiary/aromatic N) is 3. The standard InChI is InChI=1S/C23H29N3O3Si/c1-5-16-11-17-13-23(14-18(17)12-20(16)25-28)19-7-6-8-24-21(19)26(22(23)27)15-29-9-10-30(2,3)4/h6-8,11-12H,5,9-10,13-15H2,1-4H3. The summed E-state index contributed by atoms with van der Waals surface area (Å²) in [4.78, 5) is 31.2. The van der Waals surface area contributed by atoms with Gasteiger partial charge in [0.25, 0.3) is 0 Å². The number of fused-ring (bicyclic) bond motifs is 3. The third kappa shape index (κ3) is 3.50. The van der Waals surface area contributed by atoms with Crippen LogP contribution in [0.3, 0.4) is 0 Å². The topological polar surface area (TPSA) is 71.9 Å². The van der Waals surface area contributed by atoms with E-state index in [1.807, 2.05) is 25.1 Å². The third-order valence-electron chi connectivity index (χ3n) is 6.29. The second-order valence-corrected chi connectivity index (χ2v) is 15.2. The molecular weight excluding hydrogens is 394 g/mol. The summed E-state index contributed by atoms with van der Waals surface area (Å²) in [5.74, 6) is 0.742. The van der Waals surface area contributed by atoms with E-state index in [0.29, 0.717) is 31.0 Å². The molecule has 1 amide bonds. The van der Waals surface area contributed by atoms with Crippen LogP contribution in [-0.4, -0.2) is 32.3 Å². The molecule has 1 spiro atoms.